The molecule has 1 N–H and O–H groups in total. The molecule has 3 aliphatic carbocycles. The number of hydrogen-bond acceptors (Lipinski definition) is 2. The van der Waals surface area contributed by atoms with Gasteiger partial charge < -0.3 is 5.11 Å². The molecule has 0 spiro atoms. The van der Waals surface area contributed by atoms with Crippen LogP contribution in [0.4, 0.5) is 4.39 Å². The summed E-state index contributed by atoms with van der Waals surface area (Å²) >= 11 is 0. The third-order valence-electron chi connectivity index (χ3n) is 6.43. The summed E-state index contributed by atoms with van der Waals surface area (Å²) in [6.07, 6.45) is 6.29. The van der Waals surface area contributed by atoms with E-state index in [2.05, 4.69) is 6.92 Å². The summed E-state index contributed by atoms with van der Waals surface area (Å²) in [5.74, 6) is 0.966. The van der Waals surface area contributed by atoms with Crippen LogP contribution in [0.2, 0.25) is 0 Å². The van der Waals surface area contributed by atoms with Crippen LogP contribution in [0.25, 0.3) is 16.7 Å². The Morgan fingerprint density at radius 2 is 1.54 bits per heavy atom. The van der Waals surface area contributed by atoms with Gasteiger partial charge in [0.1, 0.15) is 11.6 Å². The van der Waals surface area contributed by atoms with Gasteiger partial charge in [0.05, 0.1) is 5.57 Å². The number of carbonyl (C=O) groups excluding carboxylic acids is 1. The van der Waals surface area contributed by atoms with E-state index >= 15 is 0 Å². The molecule has 1 saturated carbocycles. The second kappa shape index (κ2) is 7.90. The van der Waals surface area contributed by atoms with Gasteiger partial charge in [-0.25, -0.2) is 4.39 Å². The van der Waals surface area contributed by atoms with E-state index in [1.165, 1.54) is 12.1 Å². The number of aliphatic hydroxyl groups excluding tert-OH is 1. The van der Waals surface area contributed by atoms with E-state index in [1.54, 1.807) is 12.1 Å². The molecule has 0 amide bonds. The van der Waals surface area contributed by atoms with Crippen molar-refractivity contribution in [3.05, 3.63) is 65.2 Å². The number of carbonyl (C=O) groups is 1. The van der Waals surface area contributed by atoms with Crippen LogP contribution in [0.1, 0.15) is 56.6 Å². The molecule has 2 aromatic rings. The Hall–Kier alpha value is -2.42. The fourth-order valence-corrected chi connectivity index (χ4v) is 4.79. The first-order valence-electron chi connectivity index (χ1n) is 10.4. The Kier molecular flexibility index (Phi) is 5.34. The molecule has 2 nitrogen and oxygen atoms in total. The topological polar surface area (TPSA) is 37.3 Å². The third kappa shape index (κ3) is 3.76. The average molecular weight is 378 g/mol. The van der Waals surface area contributed by atoms with Gasteiger partial charge in [-0.15, -0.1) is 0 Å². The molecule has 3 heteroatoms. The van der Waals surface area contributed by atoms with Gasteiger partial charge in [0, 0.05) is 12.8 Å². The quantitative estimate of drug-likeness (QED) is 0.662. The predicted molar refractivity (Wildman–Crippen MR) is 110 cm³/mol. The van der Waals surface area contributed by atoms with Crippen molar-refractivity contribution < 1.29 is 14.3 Å². The largest absolute Gasteiger partial charge is 0.512 e. The minimum Gasteiger partial charge on any atom is -0.512 e. The zero-order valence-electron chi connectivity index (χ0n) is 16.4. The molecule has 0 saturated heterocycles. The molecule has 2 aromatic carbocycles. The number of benzene rings is 2. The van der Waals surface area contributed by atoms with Gasteiger partial charge in [-0.3, -0.25) is 4.79 Å². The van der Waals surface area contributed by atoms with Gasteiger partial charge in [0.25, 0.3) is 0 Å². The van der Waals surface area contributed by atoms with Crippen LogP contribution in [0, 0.1) is 17.7 Å². The summed E-state index contributed by atoms with van der Waals surface area (Å²) in [6, 6.07) is 12.4. The first-order chi connectivity index (χ1) is 13.5. The van der Waals surface area contributed by atoms with Gasteiger partial charge >= 0.3 is 0 Å². The highest BCUT2D eigenvalue weighted by molar-refractivity contribution is 6.22. The molecule has 28 heavy (non-hydrogen) atoms. The normalized spacial score (nSPS) is 25.3. The van der Waals surface area contributed by atoms with Crippen molar-refractivity contribution in [3.8, 4) is 11.1 Å². The molecule has 146 valence electrons. The Labute approximate surface area is 166 Å². The summed E-state index contributed by atoms with van der Waals surface area (Å²) in [7, 11) is 0. The monoisotopic (exact) mass is 378 g/mol. The molecule has 0 heterocycles. The van der Waals surface area contributed by atoms with Crippen LogP contribution in [0.15, 0.2) is 48.2 Å². The standard InChI is InChI=1S/C25H27FO2/c1-2-18-7-8-20(19-9-11-21(26)12-10-19)15-22(18)25-23(27)13-16-3-4-17(6-5-16)14-24(25)28/h7-12,15-17,27H,2-6,13-14H2,1H3/b25-23+/t16-,17+. The lowest BCUT2D eigenvalue weighted by Gasteiger charge is -2.26. The number of rotatable bonds is 3. The molecule has 5 rings (SSSR count). The Bertz CT molecular complexity index is 903. The molecule has 0 unspecified atom stereocenters. The van der Waals surface area contributed by atoms with Crippen LogP contribution in [-0.2, 0) is 11.2 Å². The molecule has 0 radical (unpaired) electrons. The van der Waals surface area contributed by atoms with Gasteiger partial charge in [-0.05, 0) is 84.4 Å². The first kappa shape index (κ1) is 18.9. The van der Waals surface area contributed by atoms with Gasteiger partial charge in [-0.1, -0.05) is 31.2 Å². The lowest BCUT2D eigenvalue weighted by atomic mass is 9.79. The van der Waals surface area contributed by atoms with E-state index in [9.17, 15) is 14.3 Å². The Morgan fingerprint density at radius 1 is 0.929 bits per heavy atom. The van der Waals surface area contributed by atoms with Crippen LogP contribution >= 0.6 is 0 Å². The summed E-state index contributed by atoms with van der Waals surface area (Å²) in [5.41, 5.74) is 4.25. The molecule has 0 aromatic heterocycles. The maximum absolute atomic E-state index is 13.3. The third-order valence-corrected chi connectivity index (χ3v) is 6.43. The van der Waals surface area contributed by atoms with E-state index in [1.807, 2.05) is 18.2 Å². The van der Waals surface area contributed by atoms with Crippen molar-refractivity contribution in [3.63, 3.8) is 0 Å². The highest BCUT2D eigenvalue weighted by atomic mass is 19.1. The SMILES string of the molecule is CCc1ccc(-c2ccc(F)cc2)cc1/C1=C(\O)C[C@H]2CC[C@H](CC2)CC1=O. The highest BCUT2D eigenvalue weighted by Gasteiger charge is 2.31. The minimum atomic E-state index is -0.267. The van der Waals surface area contributed by atoms with Crippen LogP contribution < -0.4 is 0 Å². The van der Waals surface area contributed by atoms with Crippen molar-refractivity contribution in [1.82, 2.24) is 0 Å². The predicted octanol–water partition coefficient (Wildman–Crippen LogP) is 6.49. The van der Waals surface area contributed by atoms with Crippen molar-refractivity contribution >= 4 is 11.4 Å². The molecular formula is C25H27FO2. The number of halogens is 1. The van der Waals surface area contributed by atoms with Crippen LogP contribution in [-0.4, -0.2) is 10.9 Å². The Morgan fingerprint density at radius 3 is 2.18 bits per heavy atom. The van der Waals surface area contributed by atoms with Crippen LogP contribution in [0.3, 0.4) is 0 Å². The summed E-state index contributed by atoms with van der Waals surface area (Å²) in [6.45, 7) is 2.07. The number of allylic oxidation sites excluding steroid dienone is 2. The van der Waals surface area contributed by atoms with E-state index in [-0.39, 0.29) is 17.4 Å². The smallest absolute Gasteiger partial charge is 0.167 e. The van der Waals surface area contributed by atoms with Gasteiger partial charge in [0.2, 0.25) is 0 Å². The lowest BCUT2D eigenvalue weighted by Crippen LogP contribution is -2.15. The van der Waals surface area contributed by atoms with Crippen LogP contribution in [0.5, 0.6) is 0 Å². The number of aliphatic hydroxyl groups is 1. The fourth-order valence-electron chi connectivity index (χ4n) is 4.79. The van der Waals surface area contributed by atoms with E-state index in [0.717, 1.165) is 54.4 Å². The lowest BCUT2D eigenvalue weighted by molar-refractivity contribution is -0.114. The number of fused-ring (bicyclic) bond motifs is 5. The number of hydrogen-bond donors (Lipinski definition) is 1. The van der Waals surface area contributed by atoms with E-state index in [4.69, 9.17) is 0 Å². The van der Waals surface area contributed by atoms with Crippen molar-refractivity contribution in [2.24, 2.45) is 11.8 Å². The molecular weight excluding hydrogens is 351 g/mol. The molecule has 2 bridgehead atoms. The zero-order valence-corrected chi connectivity index (χ0v) is 16.4. The first-order valence-corrected chi connectivity index (χ1v) is 10.4. The van der Waals surface area contributed by atoms with E-state index in [0.29, 0.717) is 30.3 Å². The second-order valence-corrected chi connectivity index (χ2v) is 8.27. The molecule has 3 aliphatic rings. The highest BCUT2D eigenvalue weighted by Crippen LogP contribution is 2.40. The molecule has 0 aliphatic heterocycles. The minimum absolute atomic E-state index is 0.0657. The van der Waals surface area contributed by atoms with Crippen molar-refractivity contribution in [2.75, 3.05) is 0 Å². The van der Waals surface area contributed by atoms with Crippen molar-refractivity contribution in [2.45, 2.75) is 51.9 Å². The molecule has 0 atom stereocenters. The van der Waals surface area contributed by atoms with Gasteiger partial charge in [-0.2, -0.15) is 0 Å². The summed E-state index contributed by atoms with van der Waals surface area (Å²) < 4.78 is 13.3. The van der Waals surface area contributed by atoms with Gasteiger partial charge in [0.15, 0.2) is 5.78 Å². The molecule has 1 fully saturated rings. The number of ketones is 1. The number of Topliss-reactive ketones (excluding diaryl/α,β-unsaturated/α-hetero) is 1. The van der Waals surface area contributed by atoms with Crippen molar-refractivity contribution in [1.29, 1.82) is 0 Å². The van der Waals surface area contributed by atoms with E-state index < -0.39 is 0 Å². The summed E-state index contributed by atoms with van der Waals surface area (Å²) in [5, 5.41) is 11.0. The fraction of sp³-hybridized carbons (Fsp3) is 0.400. The Balaban J connectivity index is 1.81. The number of aryl methyl sites for hydroxylation is 1. The second-order valence-electron chi connectivity index (χ2n) is 8.27. The maximum Gasteiger partial charge on any atom is 0.167 e. The zero-order chi connectivity index (χ0) is 19.7. The average Bonchev–Trinajstić information content (AvgIpc) is 2.79. The maximum atomic E-state index is 13.3. The summed E-state index contributed by atoms with van der Waals surface area (Å²) in [4.78, 5) is 13.2.